The Morgan fingerprint density at radius 3 is 2.33 bits per heavy atom. The van der Waals surface area contributed by atoms with Crippen LogP contribution < -0.4 is 4.72 Å². The Labute approximate surface area is 137 Å². The van der Waals surface area contributed by atoms with Gasteiger partial charge in [-0.15, -0.1) is 11.3 Å². The third-order valence-electron chi connectivity index (χ3n) is 3.94. The average molecular weight is 386 g/mol. The monoisotopic (exact) mass is 385 g/mol. The quantitative estimate of drug-likeness (QED) is 0.854. The molecule has 1 fully saturated rings. The first-order valence-electron chi connectivity index (χ1n) is 6.85. The summed E-state index contributed by atoms with van der Waals surface area (Å²) in [5.41, 5.74) is 0.576. The Bertz CT molecular complexity index is 703. The zero-order valence-corrected chi connectivity index (χ0v) is 14.6. The van der Waals surface area contributed by atoms with E-state index in [0.717, 1.165) is 35.7 Å². The summed E-state index contributed by atoms with van der Waals surface area (Å²) < 4.78 is 29.5. The van der Waals surface area contributed by atoms with Crippen molar-refractivity contribution in [1.82, 2.24) is 4.72 Å². The number of hydrogen-bond acceptors (Lipinski definition) is 3. The van der Waals surface area contributed by atoms with Gasteiger partial charge in [0.25, 0.3) is 10.0 Å². The first-order chi connectivity index (χ1) is 10.0. The number of rotatable bonds is 4. The van der Waals surface area contributed by atoms with E-state index in [1.54, 1.807) is 17.5 Å². The van der Waals surface area contributed by atoms with Crippen molar-refractivity contribution < 1.29 is 8.42 Å². The molecule has 1 heterocycles. The molecule has 0 amide bonds. The zero-order valence-electron chi connectivity index (χ0n) is 11.4. The Kier molecular flexibility index (Phi) is 4.23. The van der Waals surface area contributed by atoms with Gasteiger partial charge in [-0.1, -0.05) is 47.0 Å². The lowest BCUT2D eigenvalue weighted by Crippen LogP contribution is -2.43. The second-order valence-electron chi connectivity index (χ2n) is 5.33. The highest BCUT2D eigenvalue weighted by molar-refractivity contribution is 9.10. The van der Waals surface area contributed by atoms with Gasteiger partial charge in [-0.25, -0.2) is 8.42 Å². The fraction of sp³-hybridized carbons (Fsp3) is 0.333. The van der Waals surface area contributed by atoms with Crippen LogP contribution in [0.25, 0.3) is 0 Å². The third-order valence-corrected chi connectivity index (χ3v) is 7.41. The molecule has 1 aromatic heterocycles. The molecule has 0 unspecified atom stereocenters. The van der Waals surface area contributed by atoms with Crippen LogP contribution in [0.5, 0.6) is 0 Å². The van der Waals surface area contributed by atoms with Crippen LogP contribution >= 0.6 is 27.3 Å². The van der Waals surface area contributed by atoms with E-state index >= 15 is 0 Å². The van der Waals surface area contributed by atoms with Crippen LogP contribution in [-0.4, -0.2) is 8.42 Å². The van der Waals surface area contributed by atoms with Crippen LogP contribution in [0, 0.1) is 0 Å². The first kappa shape index (κ1) is 15.2. The lowest BCUT2D eigenvalue weighted by atomic mass is 9.89. The topological polar surface area (TPSA) is 46.2 Å². The van der Waals surface area contributed by atoms with Gasteiger partial charge in [0.15, 0.2) is 0 Å². The minimum Gasteiger partial charge on any atom is -0.206 e. The lowest BCUT2D eigenvalue weighted by molar-refractivity contribution is 0.405. The van der Waals surface area contributed by atoms with Crippen LogP contribution in [0.4, 0.5) is 0 Å². The Hall–Kier alpha value is -0.690. The van der Waals surface area contributed by atoms with Gasteiger partial charge in [-0.3, -0.25) is 0 Å². The van der Waals surface area contributed by atoms with Gasteiger partial charge in [0.1, 0.15) is 4.21 Å². The van der Waals surface area contributed by atoms with Crippen LogP contribution in [0.2, 0.25) is 0 Å². The highest BCUT2D eigenvalue weighted by Gasteiger charge is 2.39. The molecule has 3 rings (SSSR count). The molecule has 0 bridgehead atoms. The molecule has 1 aromatic carbocycles. The van der Waals surface area contributed by atoms with E-state index < -0.39 is 15.6 Å². The van der Waals surface area contributed by atoms with Gasteiger partial charge in [-0.2, -0.15) is 4.72 Å². The number of halogens is 1. The summed E-state index contributed by atoms with van der Waals surface area (Å²) in [4.78, 5) is 0. The van der Waals surface area contributed by atoms with Crippen LogP contribution in [0.3, 0.4) is 0 Å². The molecule has 21 heavy (non-hydrogen) atoms. The van der Waals surface area contributed by atoms with Crippen molar-refractivity contribution >= 4 is 37.3 Å². The van der Waals surface area contributed by atoms with Crippen molar-refractivity contribution in [3.05, 3.63) is 51.8 Å². The smallest absolute Gasteiger partial charge is 0.206 e. The Morgan fingerprint density at radius 1 is 1.10 bits per heavy atom. The largest absolute Gasteiger partial charge is 0.250 e. The SMILES string of the molecule is O=S(=O)(NC1(c2ccc(Br)cc2)CCCC1)c1cccs1. The maximum Gasteiger partial charge on any atom is 0.250 e. The molecule has 0 saturated heterocycles. The molecule has 1 N–H and O–H groups in total. The van der Waals surface area contributed by atoms with Gasteiger partial charge in [0, 0.05) is 4.47 Å². The molecule has 0 aliphatic heterocycles. The number of sulfonamides is 1. The highest BCUT2D eigenvalue weighted by atomic mass is 79.9. The molecule has 0 spiro atoms. The van der Waals surface area contributed by atoms with E-state index in [0.29, 0.717) is 4.21 Å². The molecule has 0 radical (unpaired) electrons. The van der Waals surface area contributed by atoms with Crippen molar-refractivity contribution in [2.24, 2.45) is 0 Å². The average Bonchev–Trinajstić information content (AvgIpc) is 3.10. The number of benzene rings is 1. The lowest BCUT2D eigenvalue weighted by Gasteiger charge is -2.30. The second kappa shape index (κ2) is 5.83. The molecular formula is C15H16BrNO2S2. The van der Waals surface area contributed by atoms with E-state index in [9.17, 15) is 8.42 Å². The van der Waals surface area contributed by atoms with Crippen molar-refractivity contribution in [3.63, 3.8) is 0 Å². The maximum atomic E-state index is 12.6. The van der Waals surface area contributed by atoms with Gasteiger partial charge in [0.05, 0.1) is 5.54 Å². The molecule has 0 atom stereocenters. The minimum absolute atomic E-state index is 0.380. The number of thiophene rings is 1. The highest BCUT2D eigenvalue weighted by Crippen LogP contribution is 2.40. The van der Waals surface area contributed by atoms with Crippen LogP contribution in [-0.2, 0) is 15.6 Å². The molecule has 1 saturated carbocycles. The summed E-state index contributed by atoms with van der Waals surface area (Å²) in [6.45, 7) is 0. The summed E-state index contributed by atoms with van der Waals surface area (Å²) in [6, 6.07) is 11.4. The standard InChI is InChI=1S/C15H16BrNO2S2/c16-13-7-5-12(6-8-13)15(9-1-2-10-15)17-21(18,19)14-4-3-11-20-14/h3-8,11,17H,1-2,9-10H2. The van der Waals surface area contributed by atoms with Crippen molar-refractivity contribution in [2.45, 2.75) is 35.4 Å². The van der Waals surface area contributed by atoms with Crippen LogP contribution in [0.15, 0.2) is 50.5 Å². The summed E-state index contributed by atoms with van der Waals surface area (Å²) >= 11 is 4.68. The van der Waals surface area contributed by atoms with Gasteiger partial charge in [0.2, 0.25) is 0 Å². The van der Waals surface area contributed by atoms with E-state index in [4.69, 9.17) is 0 Å². The predicted molar refractivity (Wildman–Crippen MR) is 88.9 cm³/mol. The van der Waals surface area contributed by atoms with E-state index in [-0.39, 0.29) is 0 Å². The van der Waals surface area contributed by atoms with Gasteiger partial charge in [-0.05, 0) is 42.0 Å². The Balaban J connectivity index is 1.97. The van der Waals surface area contributed by atoms with E-state index in [1.165, 1.54) is 11.3 Å². The first-order valence-corrected chi connectivity index (χ1v) is 10.0. The van der Waals surface area contributed by atoms with Crippen molar-refractivity contribution in [1.29, 1.82) is 0 Å². The minimum atomic E-state index is -3.46. The van der Waals surface area contributed by atoms with Crippen LogP contribution in [0.1, 0.15) is 31.2 Å². The summed E-state index contributed by atoms with van der Waals surface area (Å²) in [6.07, 6.45) is 3.78. The molecule has 1 aliphatic rings. The molecule has 1 aliphatic carbocycles. The molecule has 6 heteroatoms. The fourth-order valence-electron chi connectivity index (χ4n) is 2.92. The summed E-state index contributed by atoms with van der Waals surface area (Å²) in [7, 11) is -3.46. The zero-order chi connectivity index (χ0) is 14.9. The van der Waals surface area contributed by atoms with Gasteiger partial charge >= 0.3 is 0 Å². The van der Waals surface area contributed by atoms with E-state index in [2.05, 4.69) is 20.7 Å². The number of nitrogens with one attached hydrogen (secondary N) is 1. The maximum absolute atomic E-state index is 12.6. The molecule has 112 valence electrons. The van der Waals surface area contributed by atoms with Crippen molar-refractivity contribution in [2.75, 3.05) is 0 Å². The molecule has 3 nitrogen and oxygen atoms in total. The summed E-state index contributed by atoms with van der Waals surface area (Å²) in [5.74, 6) is 0. The molecule has 2 aromatic rings. The van der Waals surface area contributed by atoms with Crippen molar-refractivity contribution in [3.8, 4) is 0 Å². The Morgan fingerprint density at radius 2 is 1.76 bits per heavy atom. The molecular weight excluding hydrogens is 370 g/mol. The summed E-state index contributed by atoms with van der Waals surface area (Å²) in [5, 5.41) is 1.79. The van der Waals surface area contributed by atoms with E-state index in [1.807, 2.05) is 24.3 Å². The third kappa shape index (κ3) is 3.08. The fourth-order valence-corrected chi connectivity index (χ4v) is 5.63. The normalized spacial score (nSPS) is 18.0. The van der Waals surface area contributed by atoms with Gasteiger partial charge < -0.3 is 0 Å². The predicted octanol–water partition coefficient (Wildman–Crippen LogP) is 4.26. The number of hydrogen-bond donors (Lipinski definition) is 1. The second-order valence-corrected chi connectivity index (χ2v) is 9.11.